The molecule has 6 nitrogen and oxygen atoms in total. The van der Waals surface area contributed by atoms with Gasteiger partial charge in [-0.2, -0.15) is 0 Å². The van der Waals surface area contributed by atoms with Crippen LogP contribution in [0.5, 0.6) is 0 Å². The lowest BCUT2D eigenvalue weighted by molar-refractivity contribution is 0.0985. The Labute approximate surface area is 151 Å². The van der Waals surface area contributed by atoms with Crippen molar-refractivity contribution in [1.82, 2.24) is 9.71 Å². The summed E-state index contributed by atoms with van der Waals surface area (Å²) in [7, 11) is -2.12. The fourth-order valence-corrected chi connectivity index (χ4v) is 3.98. The van der Waals surface area contributed by atoms with Gasteiger partial charge in [0.2, 0.25) is 10.0 Å². The predicted molar refractivity (Wildman–Crippen MR) is 99.8 cm³/mol. The van der Waals surface area contributed by atoms with E-state index in [-0.39, 0.29) is 10.8 Å². The number of nitrogens with one attached hydrogen (secondary N) is 1. The summed E-state index contributed by atoms with van der Waals surface area (Å²) in [5, 5.41) is 0.979. The molecule has 1 aliphatic heterocycles. The molecule has 1 aromatic heterocycles. The zero-order chi connectivity index (χ0) is 18.3. The molecule has 0 saturated heterocycles. The number of benzene rings is 2. The van der Waals surface area contributed by atoms with Crippen molar-refractivity contribution in [2.45, 2.75) is 11.3 Å². The number of carbonyl (C=O) groups excluding carboxylic acids is 1. The van der Waals surface area contributed by atoms with E-state index in [0.29, 0.717) is 18.7 Å². The molecule has 0 unspecified atom stereocenters. The second kappa shape index (κ2) is 6.19. The lowest BCUT2D eigenvalue weighted by Gasteiger charge is -2.17. The summed E-state index contributed by atoms with van der Waals surface area (Å²) in [5.41, 5.74) is 2.73. The largest absolute Gasteiger partial charge is 0.306 e. The average molecular weight is 367 g/mol. The summed E-state index contributed by atoms with van der Waals surface area (Å²) in [5.74, 6) is -0.182. The fourth-order valence-electron chi connectivity index (χ4n) is 3.20. The van der Waals surface area contributed by atoms with E-state index in [4.69, 9.17) is 0 Å². The van der Waals surface area contributed by atoms with Gasteiger partial charge in [-0.3, -0.25) is 4.79 Å². The van der Waals surface area contributed by atoms with Crippen LogP contribution in [0.4, 0.5) is 5.69 Å². The van der Waals surface area contributed by atoms with Crippen molar-refractivity contribution < 1.29 is 13.2 Å². The lowest BCUT2D eigenvalue weighted by Crippen LogP contribution is -2.29. The highest BCUT2D eigenvalue weighted by molar-refractivity contribution is 7.89. The summed E-state index contributed by atoms with van der Waals surface area (Å²) in [6.07, 6.45) is 0.613. The number of rotatable bonds is 3. The second-order valence-corrected chi connectivity index (χ2v) is 7.98. The van der Waals surface area contributed by atoms with E-state index in [1.807, 2.05) is 30.3 Å². The maximum atomic E-state index is 12.9. The van der Waals surface area contributed by atoms with Crippen LogP contribution >= 0.6 is 0 Å². The van der Waals surface area contributed by atoms with Gasteiger partial charge in [-0.05, 0) is 49.4 Å². The Kier molecular flexibility index (Phi) is 3.97. The summed E-state index contributed by atoms with van der Waals surface area (Å²) in [4.78, 5) is 19.3. The highest BCUT2D eigenvalue weighted by Gasteiger charge is 2.27. The first-order valence-electron chi connectivity index (χ1n) is 8.24. The van der Waals surface area contributed by atoms with E-state index in [9.17, 15) is 13.2 Å². The first kappa shape index (κ1) is 16.7. The van der Waals surface area contributed by atoms with E-state index in [0.717, 1.165) is 22.2 Å². The molecule has 1 aliphatic rings. The number of aromatic nitrogens is 1. The van der Waals surface area contributed by atoms with Crippen LogP contribution in [0.3, 0.4) is 0 Å². The van der Waals surface area contributed by atoms with Gasteiger partial charge in [-0.1, -0.05) is 24.3 Å². The Morgan fingerprint density at radius 2 is 1.92 bits per heavy atom. The molecule has 0 aliphatic carbocycles. The Balaban J connectivity index is 1.69. The molecule has 0 atom stereocenters. The first-order valence-corrected chi connectivity index (χ1v) is 9.72. The third-order valence-electron chi connectivity index (χ3n) is 4.59. The predicted octanol–water partition coefficient (Wildman–Crippen LogP) is 2.35. The van der Waals surface area contributed by atoms with Crippen molar-refractivity contribution in [3.63, 3.8) is 0 Å². The number of anilines is 1. The zero-order valence-electron chi connectivity index (χ0n) is 14.1. The van der Waals surface area contributed by atoms with Crippen LogP contribution in [-0.4, -0.2) is 32.9 Å². The van der Waals surface area contributed by atoms with E-state index in [2.05, 4.69) is 9.71 Å². The van der Waals surface area contributed by atoms with E-state index in [1.165, 1.54) is 13.1 Å². The van der Waals surface area contributed by atoms with Gasteiger partial charge in [-0.25, -0.2) is 18.1 Å². The Bertz CT molecular complexity index is 1130. The SMILES string of the molecule is CNS(=O)(=O)c1ccc2c(c1)CCN2C(=O)c1ccc2ccccc2n1. The molecule has 1 N–H and O–H groups in total. The molecule has 0 fully saturated rings. The fraction of sp³-hybridized carbons (Fsp3) is 0.158. The second-order valence-electron chi connectivity index (χ2n) is 6.09. The van der Waals surface area contributed by atoms with Gasteiger partial charge < -0.3 is 4.90 Å². The van der Waals surface area contributed by atoms with Gasteiger partial charge in [-0.15, -0.1) is 0 Å². The molecule has 0 spiro atoms. The molecule has 1 amide bonds. The van der Waals surface area contributed by atoms with Crippen molar-refractivity contribution >= 4 is 32.5 Å². The number of nitrogens with zero attached hydrogens (tertiary/aromatic N) is 2. The summed E-state index contributed by atoms with van der Waals surface area (Å²) in [6, 6.07) is 16.1. The minimum Gasteiger partial charge on any atom is -0.306 e. The monoisotopic (exact) mass is 367 g/mol. The standard InChI is InChI=1S/C19H17N3O3S/c1-20-26(24,25)15-7-9-18-14(12-15)10-11-22(18)19(23)17-8-6-13-4-2-3-5-16(13)21-17/h2-9,12,20H,10-11H2,1H3. The molecule has 4 rings (SSSR count). The van der Waals surface area contributed by atoms with E-state index < -0.39 is 10.0 Å². The minimum atomic E-state index is -3.50. The average Bonchev–Trinajstić information content (AvgIpc) is 3.10. The summed E-state index contributed by atoms with van der Waals surface area (Å²) >= 11 is 0. The van der Waals surface area contributed by atoms with Gasteiger partial charge in [0.05, 0.1) is 10.4 Å². The highest BCUT2D eigenvalue weighted by atomic mass is 32.2. The maximum absolute atomic E-state index is 12.9. The van der Waals surface area contributed by atoms with Gasteiger partial charge in [0.1, 0.15) is 5.69 Å². The molecule has 3 aromatic rings. The van der Waals surface area contributed by atoms with Crippen LogP contribution in [0.2, 0.25) is 0 Å². The maximum Gasteiger partial charge on any atom is 0.276 e. The van der Waals surface area contributed by atoms with Crippen LogP contribution in [0, 0.1) is 0 Å². The quantitative estimate of drug-likeness (QED) is 0.771. The van der Waals surface area contributed by atoms with Crippen molar-refractivity contribution in [2.24, 2.45) is 0 Å². The number of fused-ring (bicyclic) bond motifs is 2. The molecular formula is C19H17N3O3S. The van der Waals surface area contributed by atoms with Crippen molar-refractivity contribution in [2.75, 3.05) is 18.5 Å². The van der Waals surface area contributed by atoms with Crippen LogP contribution in [0.25, 0.3) is 10.9 Å². The summed E-state index contributed by atoms with van der Waals surface area (Å²) in [6.45, 7) is 0.506. The van der Waals surface area contributed by atoms with Gasteiger partial charge in [0.25, 0.3) is 5.91 Å². The van der Waals surface area contributed by atoms with Crippen LogP contribution in [0.1, 0.15) is 16.1 Å². The van der Waals surface area contributed by atoms with Crippen LogP contribution in [0.15, 0.2) is 59.5 Å². The zero-order valence-corrected chi connectivity index (χ0v) is 15.0. The normalized spacial score (nSPS) is 13.8. The number of hydrogen-bond donors (Lipinski definition) is 1. The number of sulfonamides is 1. The molecule has 26 heavy (non-hydrogen) atoms. The van der Waals surface area contributed by atoms with Crippen molar-refractivity contribution in [3.05, 3.63) is 65.9 Å². The molecule has 0 bridgehead atoms. The number of para-hydroxylation sites is 1. The van der Waals surface area contributed by atoms with Crippen molar-refractivity contribution in [1.29, 1.82) is 0 Å². The summed E-state index contributed by atoms with van der Waals surface area (Å²) < 4.78 is 26.2. The van der Waals surface area contributed by atoms with Crippen molar-refractivity contribution in [3.8, 4) is 0 Å². The molecule has 132 valence electrons. The molecule has 2 aromatic carbocycles. The third-order valence-corrected chi connectivity index (χ3v) is 6.00. The first-order chi connectivity index (χ1) is 12.5. The lowest BCUT2D eigenvalue weighted by atomic mass is 10.1. The Morgan fingerprint density at radius 1 is 1.12 bits per heavy atom. The number of amides is 1. The molecule has 7 heteroatoms. The third kappa shape index (κ3) is 2.75. The topological polar surface area (TPSA) is 79.4 Å². The van der Waals surface area contributed by atoms with E-state index in [1.54, 1.807) is 23.1 Å². The molecule has 0 saturated carbocycles. The number of hydrogen-bond acceptors (Lipinski definition) is 4. The van der Waals surface area contributed by atoms with E-state index >= 15 is 0 Å². The minimum absolute atomic E-state index is 0.182. The molecule has 2 heterocycles. The molecule has 0 radical (unpaired) electrons. The number of carbonyl (C=O) groups is 1. The van der Waals surface area contributed by atoms with Crippen LogP contribution in [-0.2, 0) is 16.4 Å². The smallest absolute Gasteiger partial charge is 0.276 e. The molecular weight excluding hydrogens is 350 g/mol. The van der Waals surface area contributed by atoms with Crippen LogP contribution < -0.4 is 9.62 Å². The van der Waals surface area contributed by atoms with Gasteiger partial charge in [0, 0.05) is 17.6 Å². The highest BCUT2D eigenvalue weighted by Crippen LogP contribution is 2.31. The number of pyridine rings is 1. The Morgan fingerprint density at radius 3 is 2.73 bits per heavy atom. The van der Waals surface area contributed by atoms with Gasteiger partial charge in [0.15, 0.2) is 0 Å². The van der Waals surface area contributed by atoms with Gasteiger partial charge >= 0.3 is 0 Å². The Hall–Kier alpha value is -2.77.